The number of carbonyl (C=O) groups is 1. The molecule has 0 fully saturated rings. The van der Waals surface area contributed by atoms with Gasteiger partial charge < -0.3 is 10.2 Å². The molecule has 0 radical (unpaired) electrons. The minimum absolute atomic E-state index is 0.0564. The molecule has 0 saturated carbocycles. The van der Waals surface area contributed by atoms with Crippen molar-refractivity contribution >= 4 is 5.97 Å². The van der Waals surface area contributed by atoms with Crippen molar-refractivity contribution in [1.29, 1.82) is 0 Å². The topological polar surface area (TPSA) is 70.4 Å². The van der Waals surface area contributed by atoms with Crippen molar-refractivity contribution in [2.24, 2.45) is 0 Å². The number of pyridine rings is 1. The lowest BCUT2D eigenvalue weighted by Crippen LogP contribution is -2.24. The molecule has 0 aliphatic rings. The van der Waals surface area contributed by atoms with Crippen molar-refractivity contribution in [3.63, 3.8) is 0 Å². The van der Waals surface area contributed by atoms with Crippen LogP contribution in [0, 0.1) is 0 Å². The molecule has 1 aromatic heterocycles. The maximum Gasteiger partial charge on any atom is 0.418 e. The average Bonchev–Trinajstić information content (AvgIpc) is 2.24. The second-order valence-corrected chi connectivity index (χ2v) is 3.36. The van der Waals surface area contributed by atoms with Gasteiger partial charge in [0.15, 0.2) is 6.10 Å². The Kier molecular flexibility index (Phi) is 3.75. The number of aromatic nitrogens is 1. The fourth-order valence-electron chi connectivity index (χ4n) is 1.34. The summed E-state index contributed by atoms with van der Waals surface area (Å²) in [6.07, 6.45) is -13.3. The van der Waals surface area contributed by atoms with Gasteiger partial charge in [-0.1, -0.05) is 0 Å². The lowest BCUT2D eigenvalue weighted by atomic mass is 10.0. The Bertz CT molecular complexity index is 496. The highest BCUT2D eigenvalue weighted by Crippen LogP contribution is 2.42. The molecule has 1 rings (SSSR count). The maximum absolute atomic E-state index is 12.6. The number of alkyl halides is 6. The molecule has 0 aliphatic heterocycles. The molecule has 1 heterocycles. The first-order chi connectivity index (χ1) is 8.46. The Hall–Kier alpha value is -1.84. The van der Waals surface area contributed by atoms with E-state index in [0.717, 1.165) is 0 Å². The third kappa shape index (κ3) is 3.13. The summed E-state index contributed by atoms with van der Waals surface area (Å²) in [6, 6.07) is 0.0564. The summed E-state index contributed by atoms with van der Waals surface area (Å²) >= 11 is 0. The van der Waals surface area contributed by atoms with Gasteiger partial charge >= 0.3 is 18.3 Å². The molecule has 1 atom stereocenters. The molecule has 0 saturated heterocycles. The van der Waals surface area contributed by atoms with Gasteiger partial charge in [-0.3, -0.25) is 4.98 Å². The van der Waals surface area contributed by atoms with Crippen molar-refractivity contribution in [3.8, 4) is 0 Å². The van der Waals surface area contributed by atoms with Gasteiger partial charge in [-0.05, 0) is 6.07 Å². The van der Waals surface area contributed by atoms with E-state index in [2.05, 4.69) is 4.98 Å². The maximum atomic E-state index is 12.6. The summed E-state index contributed by atoms with van der Waals surface area (Å²) in [7, 11) is 0. The van der Waals surface area contributed by atoms with Crippen LogP contribution < -0.4 is 0 Å². The Morgan fingerprint density at radius 1 is 1.16 bits per heavy atom. The van der Waals surface area contributed by atoms with E-state index in [4.69, 9.17) is 10.2 Å². The fraction of sp³-hybridized carbons (Fsp3) is 0.333. The normalized spacial score (nSPS) is 14.3. The summed E-state index contributed by atoms with van der Waals surface area (Å²) in [5, 5.41) is 17.4. The minimum Gasteiger partial charge on any atom is -0.479 e. The number of rotatable bonds is 2. The molecule has 1 aromatic rings. The third-order valence-electron chi connectivity index (χ3n) is 2.06. The molecular weight excluding hydrogens is 284 g/mol. The number of aliphatic hydroxyl groups is 1. The van der Waals surface area contributed by atoms with Gasteiger partial charge in [0.05, 0.1) is 16.8 Å². The number of carboxylic acids is 1. The van der Waals surface area contributed by atoms with Gasteiger partial charge in [0.25, 0.3) is 0 Å². The Morgan fingerprint density at radius 3 is 2.05 bits per heavy atom. The molecule has 4 nitrogen and oxygen atoms in total. The van der Waals surface area contributed by atoms with Crippen LogP contribution in [-0.4, -0.2) is 21.2 Å². The number of aliphatic carboxylic acids is 1. The predicted octanol–water partition coefficient (Wildman–Crippen LogP) is 2.24. The largest absolute Gasteiger partial charge is 0.479 e. The number of aliphatic hydroxyl groups excluding tert-OH is 1. The van der Waals surface area contributed by atoms with E-state index in [9.17, 15) is 31.1 Å². The Labute approximate surface area is 101 Å². The minimum atomic E-state index is -5.51. The molecule has 0 aromatic carbocycles. The summed E-state index contributed by atoms with van der Waals surface area (Å²) in [5.74, 6) is -2.14. The number of nitrogens with zero attached hydrogens (tertiary/aromatic N) is 1. The number of hydrogen-bond donors (Lipinski definition) is 2. The predicted molar refractivity (Wildman–Crippen MR) is 46.8 cm³/mol. The first-order valence-corrected chi connectivity index (χ1v) is 4.50. The second-order valence-electron chi connectivity index (χ2n) is 3.36. The van der Waals surface area contributed by atoms with Gasteiger partial charge in [0.2, 0.25) is 0 Å². The molecular formula is C9H5F6NO3. The molecule has 0 spiro atoms. The summed E-state index contributed by atoms with van der Waals surface area (Å²) in [5.41, 5.74) is -6.02. The number of halogens is 6. The van der Waals surface area contributed by atoms with Crippen molar-refractivity contribution in [2.45, 2.75) is 18.5 Å². The quantitative estimate of drug-likeness (QED) is 0.819. The van der Waals surface area contributed by atoms with Crippen LogP contribution in [0.5, 0.6) is 0 Å². The van der Waals surface area contributed by atoms with Crippen molar-refractivity contribution in [1.82, 2.24) is 4.98 Å². The van der Waals surface area contributed by atoms with E-state index in [-0.39, 0.29) is 6.07 Å². The van der Waals surface area contributed by atoms with Crippen molar-refractivity contribution in [2.75, 3.05) is 0 Å². The zero-order valence-electron chi connectivity index (χ0n) is 8.75. The lowest BCUT2D eigenvalue weighted by molar-refractivity contribution is -0.164. The fourth-order valence-corrected chi connectivity index (χ4v) is 1.34. The highest BCUT2D eigenvalue weighted by Gasteiger charge is 2.47. The zero-order valence-corrected chi connectivity index (χ0v) is 8.75. The van der Waals surface area contributed by atoms with Crippen molar-refractivity contribution < 1.29 is 41.4 Å². The van der Waals surface area contributed by atoms with Gasteiger partial charge in [-0.15, -0.1) is 0 Å². The summed E-state index contributed by atoms with van der Waals surface area (Å²) in [6.45, 7) is 0. The van der Waals surface area contributed by atoms with Crippen LogP contribution in [0.15, 0.2) is 12.3 Å². The SMILES string of the molecule is O=C(O)C(O)c1nccc(C(F)(F)F)c1C(F)(F)F. The highest BCUT2D eigenvalue weighted by molar-refractivity contribution is 5.74. The van der Waals surface area contributed by atoms with Crippen LogP contribution in [0.1, 0.15) is 22.9 Å². The van der Waals surface area contributed by atoms with Crippen LogP contribution in [-0.2, 0) is 17.1 Å². The third-order valence-corrected chi connectivity index (χ3v) is 2.06. The van der Waals surface area contributed by atoms with Gasteiger partial charge in [-0.25, -0.2) is 4.79 Å². The molecule has 106 valence electrons. The first-order valence-electron chi connectivity index (χ1n) is 4.50. The van der Waals surface area contributed by atoms with E-state index >= 15 is 0 Å². The summed E-state index contributed by atoms with van der Waals surface area (Å²) in [4.78, 5) is 13.3. The van der Waals surface area contributed by atoms with Gasteiger partial charge in [0, 0.05) is 6.20 Å². The number of hydrogen-bond acceptors (Lipinski definition) is 3. The van der Waals surface area contributed by atoms with E-state index in [0.29, 0.717) is 6.20 Å². The van der Waals surface area contributed by atoms with E-state index in [1.54, 1.807) is 0 Å². The molecule has 1 unspecified atom stereocenters. The second kappa shape index (κ2) is 4.68. The standard InChI is InChI=1S/C9H5F6NO3/c10-8(11,12)3-1-2-16-5(6(17)7(18)19)4(3)9(13,14)15/h1-2,6,17H,(H,18,19). The molecule has 0 bridgehead atoms. The number of carboxylic acid groups (broad SMARTS) is 1. The lowest BCUT2D eigenvalue weighted by Gasteiger charge is -2.19. The highest BCUT2D eigenvalue weighted by atomic mass is 19.4. The average molecular weight is 289 g/mol. The van der Waals surface area contributed by atoms with Crippen LogP contribution in [0.4, 0.5) is 26.3 Å². The zero-order chi connectivity index (χ0) is 15.0. The van der Waals surface area contributed by atoms with E-state index in [1.807, 2.05) is 0 Å². The monoisotopic (exact) mass is 289 g/mol. The van der Waals surface area contributed by atoms with Gasteiger partial charge in [-0.2, -0.15) is 26.3 Å². The van der Waals surface area contributed by atoms with Crippen molar-refractivity contribution in [3.05, 3.63) is 29.1 Å². The molecule has 0 aliphatic carbocycles. The smallest absolute Gasteiger partial charge is 0.418 e. The van der Waals surface area contributed by atoms with Crippen LogP contribution in [0.2, 0.25) is 0 Å². The molecule has 10 heteroatoms. The van der Waals surface area contributed by atoms with Gasteiger partial charge in [0.1, 0.15) is 0 Å². The van der Waals surface area contributed by atoms with Crippen LogP contribution in [0.3, 0.4) is 0 Å². The molecule has 2 N–H and O–H groups in total. The van der Waals surface area contributed by atoms with Crippen LogP contribution in [0.25, 0.3) is 0 Å². The van der Waals surface area contributed by atoms with Crippen LogP contribution >= 0.6 is 0 Å². The molecule has 0 amide bonds. The first kappa shape index (κ1) is 15.2. The van der Waals surface area contributed by atoms with E-state index in [1.165, 1.54) is 0 Å². The Balaban J connectivity index is 3.62. The Morgan fingerprint density at radius 2 is 1.68 bits per heavy atom. The molecule has 19 heavy (non-hydrogen) atoms. The van der Waals surface area contributed by atoms with E-state index < -0.39 is 41.2 Å². The summed E-state index contributed by atoms with van der Waals surface area (Å²) < 4.78 is 75.3.